The highest BCUT2D eigenvalue weighted by Gasteiger charge is 1.89. The molecule has 4 nitrogen and oxygen atoms in total. The summed E-state index contributed by atoms with van der Waals surface area (Å²) in [7, 11) is 0. The summed E-state index contributed by atoms with van der Waals surface area (Å²) in [5.41, 5.74) is 1.03. The fourth-order valence-corrected chi connectivity index (χ4v) is 0.455. The first-order valence-corrected chi connectivity index (χ1v) is 2.71. The van der Waals surface area contributed by atoms with Gasteiger partial charge in [0, 0.05) is 5.70 Å². The monoisotopic (exact) mass is 124 g/mol. The molecule has 0 spiro atoms. The molecule has 0 radical (unpaired) electrons. The van der Waals surface area contributed by atoms with E-state index in [4.69, 9.17) is 0 Å². The van der Waals surface area contributed by atoms with E-state index in [1.165, 1.54) is 0 Å². The molecule has 0 fully saturated rings. The van der Waals surface area contributed by atoms with E-state index in [2.05, 4.69) is 15.5 Å². The molecule has 1 rings (SSSR count). The molecule has 0 aliphatic heterocycles. The van der Waals surface area contributed by atoms with Crippen molar-refractivity contribution in [2.45, 2.75) is 13.8 Å². The molecule has 0 aromatic carbocycles. The summed E-state index contributed by atoms with van der Waals surface area (Å²) in [6, 6.07) is 0. The van der Waals surface area contributed by atoms with Crippen molar-refractivity contribution in [2.75, 3.05) is 0 Å². The van der Waals surface area contributed by atoms with Crippen molar-refractivity contribution in [1.82, 2.24) is 20.2 Å². The summed E-state index contributed by atoms with van der Waals surface area (Å²) in [6.07, 6.45) is 3.51. The molecular formula is C5H8N4. The van der Waals surface area contributed by atoms with E-state index in [1.54, 1.807) is 11.0 Å². The molecular weight excluding hydrogens is 116 g/mol. The Morgan fingerprint density at radius 3 is 2.89 bits per heavy atom. The van der Waals surface area contributed by atoms with Crippen molar-refractivity contribution in [1.29, 1.82) is 0 Å². The van der Waals surface area contributed by atoms with Gasteiger partial charge < -0.3 is 0 Å². The molecule has 0 bridgehead atoms. The van der Waals surface area contributed by atoms with E-state index in [-0.39, 0.29) is 0 Å². The topological polar surface area (TPSA) is 43.6 Å². The number of aromatic nitrogens is 4. The lowest BCUT2D eigenvalue weighted by molar-refractivity contribution is 0.797. The first-order valence-electron chi connectivity index (χ1n) is 2.71. The Hall–Kier alpha value is -1.19. The van der Waals surface area contributed by atoms with E-state index in [9.17, 15) is 0 Å². The van der Waals surface area contributed by atoms with Gasteiger partial charge in [0.15, 0.2) is 0 Å². The number of hydrogen-bond acceptors (Lipinski definition) is 3. The first-order chi connectivity index (χ1) is 4.34. The largest absolute Gasteiger partial charge is 0.205 e. The van der Waals surface area contributed by atoms with Crippen LogP contribution in [0.5, 0.6) is 0 Å². The molecule has 0 amide bonds. The summed E-state index contributed by atoms with van der Waals surface area (Å²) in [5, 5.41) is 10.6. The van der Waals surface area contributed by atoms with Gasteiger partial charge in [-0.3, -0.25) is 0 Å². The van der Waals surface area contributed by atoms with Crippen LogP contribution >= 0.6 is 0 Å². The molecule has 0 aliphatic carbocycles. The summed E-state index contributed by atoms with van der Waals surface area (Å²) >= 11 is 0. The fraction of sp³-hybridized carbons (Fsp3) is 0.400. The van der Waals surface area contributed by atoms with E-state index in [1.807, 2.05) is 19.9 Å². The molecule has 0 saturated heterocycles. The van der Waals surface area contributed by atoms with Crippen LogP contribution in [0.4, 0.5) is 0 Å². The predicted molar refractivity (Wildman–Crippen MR) is 33.4 cm³/mol. The fourth-order valence-electron chi connectivity index (χ4n) is 0.455. The summed E-state index contributed by atoms with van der Waals surface area (Å²) in [6.45, 7) is 3.88. The zero-order valence-electron chi connectivity index (χ0n) is 5.44. The van der Waals surface area contributed by atoms with Crippen LogP contribution in [0.1, 0.15) is 13.8 Å². The van der Waals surface area contributed by atoms with Crippen LogP contribution in [0.25, 0.3) is 5.70 Å². The minimum absolute atomic E-state index is 1.03. The SMILES string of the molecule is CC=C(C)n1cnnn1. The maximum atomic E-state index is 3.67. The third-order valence-electron chi connectivity index (χ3n) is 1.13. The molecule has 4 heteroatoms. The van der Waals surface area contributed by atoms with Crippen molar-refractivity contribution in [2.24, 2.45) is 0 Å². The van der Waals surface area contributed by atoms with Gasteiger partial charge in [0.05, 0.1) is 0 Å². The standard InChI is InChI=1S/C5H8N4/c1-3-5(2)9-4-6-7-8-9/h3-4H,1-2H3. The zero-order valence-corrected chi connectivity index (χ0v) is 5.44. The molecule has 0 N–H and O–H groups in total. The molecule has 48 valence electrons. The van der Waals surface area contributed by atoms with Gasteiger partial charge in [-0.25, -0.2) is 4.68 Å². The molecule has 1 aromatic heterocycles. The highest BCUT2D eigenvalue weighted by molar-refractivity contribution is 5.38. The van der Waals surface area contributed by atoms with Gasteiger partial charge in [-0.2, -0.15) is 0 Å². The molecule has 1 aromatic rings. The number of nitrogens with zero attached hydrogens (tertiary/aromatic N) is 4. The highest BCUT2D eigenvalue weighted by atomic mass is 15.5. The zero-order chi connectivity index (χ0) is 6.69. The molecule has 0 saturated carbocycles. The summed E-state index contributed by atoms with van der Waals surface area (Å²) in [4.78, 5) is 0. The number of hydrogen-bond donors (Lipinski definition) is 0. The number of allylic oxidation sites excluding steroid dienone is 2. The van der Waals surface area contributed by atoms with Crippen LogP contribution in [-0.4, -0.2) is 20.2 Å². The minimum atomic E-state index is 1.03. The third kappa shape index (κ3) is 1.13. The predicted octanol–water partition coefficient (Wildman–Crippen LogP) is 0.554. The molecule has 0 atom stereocenters. The lowest BCUT2D eigenvalue weighted by atomic mass is 10.5. The normalized spacial score (nSPS) is 12.0. The van der Waals surface area contributed by atoms with Crippen LogP contribution in [0.2, 0.25) is 0 Å². The van der Waals surface area contributed by atoms with E-state index in [0.717, 1.165) is 5.70 Å². The van der Waals surface area contributed by atoms with E-state index >= 15 is 0 Å². The lowest BCUT2D eigenvalue weighted by Crippen LogP contribution is -1.92. The molecule has 0 aliphatic rings. The van der Waals surface area contributed by atoms with Crippen LogP contribution in [0, 0.1) is 0 Å². The smallest absolute Gasteiger partial charge is 0.143 e. The number of tetrazole rings is 1. The van der Waals surface area contributed by atoms with Gasteiger partial charge in [-0.05, 0) is 24.3 Å². The Kier molecular flexibility index (Phi) is 1.58. The molecule has 9 heavy (non-hydrogen) atoms. The van der Waals surface area contributed by atoms with Gasteiger partial charge in [0.2, 0.25) is 0 Å². The summed E-state index contributed by atoms with van der Waals surface area (Å²) < 4.78 is 1.61. The van der Waals surface area contributed by atoms with Crippen LogP contribution in [0.15, 0.2) is 12.4 Å². The van der Waals surface area contributed by atoms with Gasteiger partial charge in [-0.15, -0.1) is 5.10 Å². The van der Waals surface area contributed by atoms with E-state index < -0.39 is 0 Å². The summed E-state index contributed by atoms with van der Waals surface area (Å²) in [5.74, 6) is 0. The van der Waals surface area contributed by atoms with Gasteiger partial charge in [0.1, 0.15) is 6.33 Å². The minimum Gasteiger partial charge on any atom is -0.205 e. The molecule has 1 heterocycles. The maximum Gasteiger partial charge on any atom is 0.143 e. The van der Waals surface area contributed by atoms with Gasteiger partial charge >= 0.3 is 0 Å². The van der Waals surface area contributed by atoms with Crippen molar-refractivity contribution < 1.29 is 0 Å². The highest BCUT2D eigenvalue weighted by Crippen LogP contribution is 1.95. The van der Waals surface area contributed by atoms with Gasteiger partial charge in [-0.1, -0.05) is 6.08 Å². The van der Waals surface area contributed by atoms with E-state index in [0.29, 0.717) is 0 Å². The van der Waals surface area contributed by atoms with Crippen molar-refractivity contribution in [3.8, 4) is 0 Å². The van der Waals surface area contributed by atoms with Crippen LogP contribution < -0.4 is 0 Å². The van der Waals surface area contributed by atoms with Gasteiger partial charge in [0.25, 0.3) is 0 Å². The van der Waals surface area contributed by atoms with Crippen molar-refractivity contribution >= 4 is 5.70 Å². The Labute approximate surface area is 53.2 Å². The number of rotatable bonds is 1. The maximum absolute atomic E-state index is 3.67. The second kappa shape index (κ2) is 2.39. The third-order valence-corrected chi connectivity index (χ3v) is 1.13. The average molecular weight is 124 g/mol. The van der Waals surface area contributed by atoms with Crippen molar-refractivity contribution in [3.05, 3.63) is 12.4 Å². The van der Waals surface area contributed by atoms with Crippen molar-refractivity contribution in [3.63, 3.8) is 0 Å². The molecule has 0 unspecified atom stereocenters. The lowest BCUT2D eigenvalue weighted by Gasteiger charge is -1.92. The quantitative estimate of drug-likeness (QED) is 0.549. The average Bonchev–Trinajstić information content (AvgIpc) is 2.37. The second-order valence-electron chi connectivity index (χ2n) is 1.68. The Morgan fingerprint density at radius 2 is 2.44 bits per heavy atom. The second-order valence-corrected chi connectivity index (χ2v) is 1.68. The van der Waals surface area contributed by atoms with Crippen LogP contribution in [-0.2, 0) is 0 Å². The first kappa shape index (κ1) is 5.94. The Balaban J connectivity index is 2.90. The Bertz CT molecular complexity index is 199. The van der Waals surface area contributed by atoms with Crippen LogP contribution in [0.3, 0.4) is 0 Å². The Morgan fingerprint density at radius 1 is 1.67 bits per heavy atom.